The van der Waals surface area contributed by atoms with Gasteiger partial charge in [0, 0.05) is 5.97 Å². The smallest absolute Gasteiger partial charge is 0.0414 e. The van der Waals surface area contributed by atoms with Crippen molar-refractivity contribution in [2.75, 3.05) is 0 Å². The summed E-state index contributed by atoms with van der Waals surface area (Å²) < 4.78 is 0. The van der Waals surface area contributed by atoms with Crippen LogP contribution < -0.4 is 5.11 Å². The maximum atomic E-state index is 10.4. The third kappa shape index (κ3) is 15.0. The first-order valence-corrected chi connectivity index (χ1v) is 10.8. The number of unbranched alkanes of at least 4 members (excludes halogenated alkanes) is 7. The first-order valence-electron chi connectivity index (χ1n) is 10.8. The van der Waals surface area contributed by atoms with E-state index in [0.717, 1.165) is 24.7 Å². The van der Waals surface area contributed by atoms with Crippen molar-refractivity contribution in [2.24, 2.45) is 11.8 Å². The van der Waals surface area contributed by atoms with E-state index in [9.17, 15) is 9.90 Å². The second-order valence-electron chi connectivity index (χ2n) is 7.65. The fraction of sp³-hybridized carbons (Fsp3) is 0.955. The quantitative estimate of drug-likeness (QED) is 0.276. The average molecular weight is 340 g/mol. The van der Waals surface area contributed by atoms with Gasteiger partial charge in [-0.2, -0.15) is 0 Å². The maximum absolute atomic E-state index is 10.4. The molecule has 0 N–H and O–H groups in total. The highest BCUT2D eigenvalue weighted by atomic mass is 16.4. The maximum Gasteiger partial charge on any atom is 0.0414 e. The molecule has 0 aliphatic carbocycles. The molecule has 0 aromatic carbocycles. The molecule has 2 atom stereocenters. The number of aliphatic carboxylic acids is 1. The second-order valence-corrected chi connectivity index (χ2v) is 7.65. The number of carbonyl (C=O) groups excluding carboxylic acids is 1. The molecule has 0 bridgehead atoms. The van der Waals surface area contributed by atoms with Gasteiger partial charge in [0.1, 0.15) is 0 Å². The Bertz CT molecular complexity index is 275. The van der Waals surface area contributed by atoms with Crippen molar-refractivity contribution in [1.82, 2.24) is 0 Å². The van der Waals surface area contributed by atoms with E-state index >= 15 is 0 Å². The van der Waals surface area contributed by atoms with Crippen LogP contribution in [0.3, 0.4) is 0 Å². The Kier molecular flexibility index (Phi) is 16.9. The zero-order chi connectivity index (χ0) is 18.0. The van der Waals surface area contributed by atoms with E-state index in [1.807, 2.05) is 0 Å². The number of carbonyl (C=O) groups is 1. The average Bonchev–Trinajstić information content (AvgIpc) is 2.57. The van der Waals surface area contributed by atoms with E-state index < -0.39 is 5.97 Å². The van der Waals surface area contributed by atoms with Gasteiger partial charge in [-0.1, -0.05) is 111 Å². The lowest BCUT2D eigenvalue weighted by molar-refractivity contribution is -0.305. The molecule has 24 heavy (non-hydrogen) atoms. The van der Waals surface area contributed by atoms with E-state index in [-0.39, 0.29) is 6.42 Å². The molecular weight excluding hydrogens is 296 g/mol. The standard InChI is InChI=1S/C22H44O2/c1-4-7-8-12-15-20(5-2)18-19-21(6-3)16-13-10-9-11-14-17-22(23)24/h20-21H,4-19H2,1-3H3,(H,23,24)/p-1. The topological polar surface area (TPSA) is 40.1 Å². The van der Waals surface area contributed by atoms with Crippen LogP contribution in [0.2, 0.25) is 0 Å². The molecule has 0 aromatic heterocycles. The number of rotatable bonds is 18. The summed E-state index contributed by atoms with van der Waals surface area (Å²) in [6.07, 6.45) is 19.7. The van der Waals surface area contributed by atoms with Gasteiger partial charge in [-0.15, -0.1) is 0 Å². The number of hydrogen-bond donors (Lipinski definition) is 0. The zero-order valence-electron chi connectivity index (χ0n) is 16.8. The minimum absolute atomic E-state index is 0.230. The van der Waals surface area contributed by atoms with Crippen molar-refractivity contribution < 1.29 is 9.90 Å². The van der Waals surface area contributed by atoms with Crippen molar-refractivity contribution in [3.8, 4) is 0 Å². The minimum atomic E-state index is -0.902. The van der Waals surface area contributed by atoms with Gasteiger partial charge in [-0.05, 0) is 24.7 Å². The van der Waals surface area contributed by atoms with Crippen molar-refractivity contribution in [3.63, 3.8) is 0 Å². The van der Waals surface area contributed by atoms with Gasteiger partial charge in [0.15, 0.2) is 0 Å². The van der Waals surface area contributed by atoms with Gasteiger partial charge in [0.2, 0.25) is 0 Å². The van der Waals surface area contributed by atoms with Gasteiger partial charge >= 0.3 is 0 Å². The fourth-order valence-electron chi connectivity index (χ4n) is 3.67. The number of carboxylic acid groups (broad SMARTS) is 1. The highest BCUT2D eigenvalue weighted by Crippen LogP contribution is 2.26. The van der Waals surface area contributed by atoms with Crippen LogP contribution in [0.15, 0.2) is 0 Å². The Labute approximate surface area is 151 Å². The Hall–Kier alpha value is -0.530. The van der Waals surface area contributed by atoms with E-state index in [0.29, 0.717) is 0 Å². The molecule has 0 saturated carbocycles. The highest BCUT2D eigenvalue weighted by molar-refractivity contribution is 5.63. The van der Waals surface area contributed by atoms with Crippen molar-refractivity contribution in [1.29, 1.82) is 0 Å². The van der Waals surface area contributed by atoms with Crippen LogP contribution in [0.4, 0.5) is 0 Å². The van der Waals surface area contributed by atoms with Crippen molar-refractivity contribution in [3.05, 3.63) is 0 Å². The molecule has 0 fully saturated rings. The summed E-state index contributed by atoms with van der Waals surface area (Å²) in [7, 11) is 0. The molecule has 0 radical (unpaired) electrons. The van der Waals surface area contributed by atoms with Crippen molar-refractivity contribution in [2.45, 2.75) is 124 Å². The summed E-state index contributed by atoms with van der Waals surface area (Å²) in [5.41, 5.74) is 0. The third-order valence-corrected chi connectivity index (χ3v) is 5.60. The molecule has 0 aliphatic rings. The lowest BCUT2D eigenvalue weighted by Crippen LogP contribution is -2.21. The van der Waals surface area contributed by atoms with Gasteiger partial charge in [0.25, 0.3) is 0 Å². The molecule has 0 aliphatic heterocycles. The Morgan fingerprint density at radius 3 is 1.58 bits per heavy atom. The van der Waals surface area contributed by atoms with Gasteiger partial charge in [0.05, 0.1) is 0 Å². The van der Waals surface area contributed by atoms with Crippen LogP contribution >= 0.6 is 0 Å². The molecule has 0 amide bonds. The molecule has 0 rings (SSSR count). The predicted molar refractivity (Wildman–Crippen MR) is 103 cm³/mol. The Balaban J connectivity index is 3.67. The minimum Gasteiger partial charge on any atom is -0.550 e. The van der Waals surface area contributed by atoms with Crippen molar-refractivity contribution >= 4 is 5.97 Å². The molecule has 0 heterocycles. The summed E-state index contributed by atoms with van der Waals surface area (Å²) in [4.78, 5) is 10.4. The summed E-state index contributed by atoms with van der Waals surface area (Å²) in [5.74, 6) is 0.944. The largest absolute Gasteiger partial charge is 0.550 e. The van der Waals surface area contributed by atoms with Gasteiger partial charge < -0.3 is 9.90 Å². The third-order valence-electron chi connectivity index (χ3n) is 5.60. The highest BCUT2D eigenvalue weighted by Gasteiger charge is 2.11. The van der Waals surface area contributed by atoms with E-state index in [1.54, 1.807) is 0 Å². The monoisotopic (exact) mass is 339 g/mol. The van der Waals surface area contributed by atoms with Crippen LogP contribution in [0.5, 0.6) is 0 Å². The van der Waals surface area contributed by atoms with E-state index in [4.69, 9.17) is 0 Å². The molecule has 2 heteroatoms. The van der Waals surface area contributed by atoms with Gasteiger partial charge in [-0.25, -0.2) is 0 Å². The zero-order valence-corrected chi connectivity index (χ0v) is 16.8. The molecule has 2 unspecified atom stereocenters. The Morgan fingerprint density at radius 2 is 1.12 bits per heavy atom. The van der Waals surface area contributed by atoms with Crippen LogP contribution in [-0.4, -0.2) is 5.97 Å². The molecular formula is C22H43O2-. The van der Waals surface area contributed by atoms with Crippen LogP contribution in [0.1, 0.15) is 124 Å². The number of hydrogen-bond acceptors (Lipinski definition) is 2. The lowest BCUT2D eigenvalue weighted by atomic mass is 9.86. The first kappa shape index (κ1) is 23.5. The van der Waals surface area contributed by atoms with Crippen LogP contribution in [0.25, 0.3) is 0 Å². The molecule has 0 aromatic rings. The van der Waals surface area contributed by atoms with Crippen LogP contribution in [-0.2, 0) is 4.79 Å². The van der Waals surface area contributed by atoms with Gasteiger partial charge in [-0.3, -0.25) is 0 Å². The summed E-state index contributed by atoms with van der Waals surface area (Å²) in [5, 5.41) is 10.4. The van der Waals surface area contributed by atoms with Crippen LogP contribution in [0, 0.1) is 11.8 Å². The predicted octanol–water partition coefficient (Wildman–Crippen LogP) is 6.27. The van der Waals surface area contributed by atoms with E-state index in [1.165, 1.54) is 83.5 Å². The number of carboxylic acids is 1. The Morgan fingerprint density at radius 1 is 0.667 bits per heavy atom. The lowest BCUT2D eigenvalue weighted by Gasteiger charge is -2.19. The normalized spacial score (nSPS) is 13.8. The second kappa shape index (κ2) is 17.3. The molecule has 2 nitrogen and oxygen atoms in total. The summed E-state index contributed by atoms with van der Waals surface area (Å²) in [6, 6.07) is 0. The molecule has 144 valence electrons. The summed E-state index contributed by atoms with van der Waals surface area (Å²) in [6.45, 7) is 6.98. The molecule has 0 spiro atoms. The first-order chi connectivity index (χ1) is 11.6. The summed E-state index contributed by atoms with van der Waals surface area (Å²) >= 11 is 0. The van der Waals surface area contributed by atoms with E-state index in [2.05, 4.69) is 20.8 Å². The molecule has 0 saturated heterocycles. The SMILES string of the molecule is CCCCCCC(CC)CCC(CC)CCCCCCCC(=O)[O-]. The fourth-order valence-corrected chi connectivity index (χ4v) is 3.67.